The van der Waals surface area contributed by atoms with Gasteiger partial charge in [-0.15, -0.1) is 0 Å². The van der Waals surface area contributed by atoms with Crippen LogP contribution in [0.15, 0.2) is 0 Å². The van der Waals surface area contributed by atoms with Crippen LogP contribution in [-0.2, 0) is 14.3 Å². The molecule has 17 heavy (non-hydrogen) atoms. The molecule has 1 rings (SSSR count). The van der Waals surface area contributed by atoms with Crippen LogP contribution in [0, 0.1) is 5.92 Å². The highest BCUT2D eigenvalue weighted by atomic mass is 32.2. The van der Waals surface area contributed by atoms with Gasteiger partial charge in [0.05, 0.1) is 12.9 Å². The molecule has 0 aromatic carbocycles. The summed E-state index contributed by atoms with van der Waals surface area (Å²) in [5.74, 6) is -0.257. The number of aliphatic hydroxyl groups is 1. The van der Waals surface area contributed by atoms with E-state index in [1.807, 2.05) is 0 Å². The van der Waals surface area contributed by atoms with Gasteiger partial charge in [-0.3, -0.25) is 4.18 Å². The Morgan fingerprint density at radius 1 is 1.35 bits per heavy atom. The van der Waals surface area contributed by atoms with Crippen LogP contribution in [0.3, 0.4) is 0 Å². The van der Waals surface area contributed by atoms with Gasteiger partial charge in [0.1, 0.15) is 0 Å². The van der Waals surface area contributed by atoms with E-state index in [4.69, 9.17) is 0 Å². The zero-order valence-electron chi connectivity index (χ0n) is 9.33. The second kappa shape index (κ2) is 4.74. The summed E-state index contributed by atoms with van der Waals surface area (Å²) in [7, 11) is -3.57. The standard InChI is InChI=1S/C9H15F3O4S/c1-17(14,15)16-6-7-2-4-8(13,5-3-7)9(10,11)12/h7,13H,2-6H2,1H3. The van der Waals surface area contributed by atoms with Crippen LogP contribution in [0.5, 0.6) is 0 Å². The maximum absolute atomic E-state index is 12.5. The van der Waals surface area contributed by atoms with Gasteiger partial charge in [0.25, 0.3) is 10.1 Å². The summed E-state index contributed by atoms with van der Waals surface area (Å²) in [5, 5.41) is 9.37. The molecule has 1 fully saturated rings. The highest BCUT2D eigenvalue weighted by Crippen LogP contribution is 2.43. The SMILES string of the molecule is CS(=O)(=O)OCC1CCC(O)(C(F)(F)F)CC1. The van der Waals surface area contributed by atoms with Crippen LogP contribution in [-0.4, -0.2) is 38.2 Å². The Balaban J connectivity index is 2.46. The van der Waals surface area contributed by atoms with Crippen LogP contribution >= 0.6 is 0 Å². The first-order valence-electron chi connectivity index (χ1n) is 5.17. The predicted molar refractivity (Wildman–Crippen MR) is 53.8 cm³/mol. The summed E-state index contributed by atoms with van der Waals surface area (Å²) in [6.45, 7) is -0.118. The van der Waals surface area contributed by atoms with Crippen molar-refractivity contribution in [2.45, 2.75) is 37.5 Å². The van der Waals surface area contributed by atoms with Crippen molar-refractivity contribution in [3.63, 3.8) is 0 Å². The van der Waals surface area contributed by atoms with Crippen molar-refractivity contribution in [3.05, 3.63) is 0 Å². The van der Waals surface area contributed by atoms with Gasteiger partial charge in [-0.2, -0.15) is 21.6 Å². The summed E-state index contributed by atoms with van der Waals surface area (Å²) in [6.07, 6.45) is -4.35. The lowest BCUT2D eigenvalue weighted by molar-refractivity contribution is -0.272. The lowest BCUT2D eigenvalue weighted by Gasteiger charge is -2.36. The van der Waals surface area contributed by atoms with E-state index in [0.717, 1.165) is 6.26 Å². The van der Waals surface area contributed by atoms with Crippen molar-refractivity contribution >= 4 is 10.1 Å². The van der Waals surface area contributed by atoms with E-state index in [2.05, 4.69) is 4.18 Å². The number of alkyl halides is 3. The lowest BCUT2D eigenvalue weighted by Crippen LogP contribution is -2.48. The first-order valence-corrected chi connectivity index (χ1v) is 6.99. The Labute approximate surface area is 97.9 Å². The van der Waals surface area contributed by atoms with Gasteiger partial charge >= 0.3 is 6.18 Å². The van der Waals surface area contributed by atoms with Gasteiger partial charge in [-0.05, 0) is 31.6 Å². The number of hydrogen-bond acceptors (Lipinski definition) is 4. The fraction of sp³-hybridized carbons (Fsp3) is 1.00. The van der Waals surface area contributed by atoms with Crippen molar-refractivity contribution in [2.24, 2.45) is 5.92 Å². The minimum atomic E-state index is -4.63. The van der Waals surface area contributed by atoms with Crippen LogP contribution in [0.25, 0.3) is 0 Å². The summed E-state index contributed by atoms with van der Waals surface area (Å²) in [5.41, 5.74) is -2.63. The molecular formula is C9H15F3O4S. The normalized spacial score (nSPS) is 31.5. The Hall–Kier alpha value is -0.340. The fourth-order valence-electron chi connectivity index (χ4n) is 1.83. The molecule has 0 bridgehead atoms. The molecule has 0 radical (unpaired) electrons. The molecule has 1 aliphatic carbocycles. The van der Waals surface area contributed by atoms with Crippen molar-refractivity contribution in [3.8, 4) is 0 Å². The van der Waals surface area contributed by atoms with E-state index in [1.165, 1.54) is 0 Å². The topological polar surface area (TPSA) is 63.6 Å². The molecule has 0 saturated heterocycles. The Morgan fingerprint density at radius 3 is 2.18 bits per heavy atom. The van der Waals surface area contributed by atoms with Gasteiger partial charge in [-0.25, -0.2) is 0 Å². The Bertz CT molecular complexity index is 355. The third-order valence-electron chi connectivity index (χ3n) is 2.98. The van der Waals surface area contributed by atoms with Crippen molar-refractivity contribution < 1.29 is 30.9 Å². The molecule has 8 heteroatoms. The second-order valence-corrected chi connectivity index (χ2v) is 6.11. The maximum Gasteiger partial charge on any atom is 0.417 e. The van der Waals surface area contributed by atoms with E-state index < -0.39 is 34.7 Å². The summed E-state index contributed by atoms with van der Waals surface area (Å²) in [4.78, 5) is 0. The van der Waals surface area contributed by atoms with E-state index in [-0.39, 0.29) is 25.4 Å². The molecule has 0 unspecified atom stereocenters. The van der Waals surface area contributed by atoms with Crippen LogP contribution < -0.4 is 0 Å². The number of rotatable bonds is 3. The molecule has 1 saturated carbocycles. The molecule has 0 spiro atoms. The highest BCUT2D eigenvalue weighted by Gasteiger charge is 2.54. The maximum atomic E-state index is 12.5. The lowest BCUT2D eigenvalue weighted by atomic mass is 9.79. The first-order chi connectivity index (χ1) is 7.54. The molecule has 1 N–H and O–H groups in total. The van der Waals surface area contributed by atoms with Crippen molar-refractivity contribution in [2.75, 3.05) is 12.9 Å². The smallest absolute Gasteiger partial charge is 0.380 e. The molecule has 0 aromatic heterocycles. The minimum Gasteiger partial charge on any atom is -0.380 e. The highest BCUT2D eigenvalue weighted by molar-refractivity contribution is 7.85. The van der Waals surface area contributed by atoms with Crippen molar-refractivity contribution in [1.82, 2.24) is 0 Å². The average Bonchev–Trinajstić information content (AvgIpc) is 2.14. The summed E-state index contributed by atoms with van der Waals surface area (Å²) < 4.78 is 63.3. The largest absolute Gasteiger partial charge is 0.417 e. The van der Waals surface area contributed by atoms with E-state index >= 15 is 0 Å². The van der Waals surface area contributed by atoms with Gasteiger partial charge in [0.2, 0.25) is 0 Å². The Morgan fingerprint density at radius 2 is 1.82 bits per heavy atom. The first kappa shape index (κ1) is 14.7. The molecular weight excluding hydrogens is 261 g/mol. The monoisotopic (exact) mass is 276 g/mol. The number of hydrogen-bond donors (Lipinski definition) is 1. The molecule has 0 aliphatic heterocycles. The van der Waals surface area contributed by atoms with Gasteiger partial charge < -0.3 is 5.11 Å². The molecule has 0 amide bonds. The second-order valence-electron chi connectivity index (χ2n) is 4.46. The molecule has 4 nitrogen and oxygen atoms in total. The van der Waals surface area contributed by atoms with Crippen LogP contribution in [0.4, 0.5) is 13.2 Å². The fourth-order valence-corrected chi connectivity index (χ4v) is 2.26. The third kappa shape index (κ3) is 4.11. The van der Waals surface area contributed by atoms with E-state index in [1.54, 1.807) is 0 Å². The predicted octanol–water partition coefficient (Wildman–Crippen LogP) is 1.45. The van der Waals surface area contributed by atoms with Gasteiger partial charge in [0.15, 0.2) is 5.60 Å². The Kier molecular flexibility index (Phi) is 4.10. The van der Waals surface area contributed by atoms with E-state index in [0.29, 0.717) is 0 Å². The van der Waals surface area contributed by atoms with Gasteiger partial charge in [0, 0.05) is 0 Å². The third-order valence-corrected chi connectivity index (χ3v) is 3.54. The molecule has 0 aromatic rings. The molecule has 0 atom stereocenters. The molecule has 1 aliphatic rings. The zero-order chi connectivity index (χ0) is 13.3. The zero-order valence-corrected chi connectivity index (χ0v) is 10.1. The average molecular weight is 276 g/mol. The minimum absolute atomic E-state index is 0.103. The number of halogens is 3. The van der Waals surface area contributed by atoms with Gasteiger partial charge in [-0.1, -0.05) is 0 Å². The molecule has 0 heterocycles. The van der Waals surface area contributed by atoms with Crippen LogP contribution in [0.2, 0.25) is 0 Å². The quantitative estimate of drug-likeness (QED) is 0.792. The van der Waals surface area contributed by atoms with Crippen molar-refractivity contribution in [1.29, 1.82) is 0 Å². The summed E-state index contributed by atoms with van der Waals surface area (Å²) in [6, 6.07) is 0. The molecule has 102 valence electrons. The van der Waals surface area contributed by atoms with E-state index in [9.17, 15) is 26.7 Å². The summed E-state index contributed by atoms with van der Waals surface area (Å²) >= 11 is 0. The van der Waals surface area contributed by atoms with Crippen LogP contribution in [0.1, 0.15) is 25.7 Å².